The Morgan fingerprint density at radius 3 is 2.16 bits per heavy atom. The van der Waals surface area contributed by atoms with E-state index in [1.54, 1.807) is 0 Å². The van der Waals surface area contributed by atoms with Crippen molar-refractivity contribution in [3.05, 3.63) is 11.3 Å². The molecule has 0 aromatic rings. The zero-order valence-electron chi connectivity index (χ0n) is 11.3. The highest BCUT2D eigenvalue weighted by Gasteiger charge is 2.33. The van der Waals surface area contributed by atoms with Gasteiger partial charge in [-0.3, -0.25) is 9.79 Å². The van der Waals surface area contributed by atoms with Crippen LogP contribution in [0, 0.1) is 5.41 Å². The van der Waals surface area contributed by atoms with Crippen molar-refractivity contribution in [1.82, 2.24) is 0 Å². The third-order valence-electron chi connectivity index (χ3n) is 3.25. The summed E-state index contributed by atoms with van der Waals surface area (Å²) in [5.74, 6) is -0.284. The van der Waals surface area contributed by atoms with Crippen LogP contribution in [0.5, 0.6) is 0 Å². The van der Waals surface area contributed by atoms with Crippen LogP contribution in [0.2, 0.25) is 0 Å². The molecule has 6 nitrogen and oxygen atoms in total. The molecule has 1 aliphatic carbocycles. The lowest BCUT2D eigenvalue weighted by Gasteiger charge is -2.29. The molecule has 0 saturated carbocycles. The average molecular weight is 271 g/mol. The number of hydrogen-bond donors (Lipinski definition) is 4. The van der Waals surface area contributed by atoms with Gasteiger partial charge in [0.15, 0.2) is 5.78 Å². The van der Waals surface area contributed by atoms with E-state index in [9.17, 15) is 9.90 Å². The lowest BCUT2D eigenvalue weighted by atomic mass is 9.77. The fourth-order valence-corrected chi connectivity index (χ4v) is 1.92. The van der Waals surface area contributed by atoms with Gasteiger partial charge >= 0.3 is 0 Å². The Morgan fingerprint density at radius 1 is 1.21 bits per heavy atom. The van der Waals surface area contributed by atoms with Crippen LogP contribution in [0.1, 0.15) is 26.7 Å². The largest absolute Gasteiger partial charge is 0.511 e. The minimum Gasteiger partial charge on any atom is -0.511 e. The second kappa shape index (κ2) is 5.81. The maximum Gasteiger partial charge on any atom is 0.168 e. The van der Waals surface area contributed by atoms with Gasteiger partial charge in [-0.2, -0.15) is 0 Å². The van der Waals surface area contributed by atoms with E-state index in [0.717, 1.165) is 6.21 Å². The Kier molecular flexibility index (Phi) is 4.84. The molecule has 0 atom stereocenters. The number of aliphatic hydroxyl groups excluding tert-OH is 4. The van der Waals surface area contributed by atoms with Crippen LogP contribution in [0.4, 0.5) is 0 Å². The van der Waals surface area contributed by atoms with Crippen LogP contribution < -0.4 is 0 Å². The molecule has 0 amide bonds. The van der Waals surface area contributed by atoms with Crippen molar-refractivity contribution in [2.75, 3.05) is 19.8 Å². The Balaban J connectivity index is 3.01. The topological polar surface area (TPSA) is 110 Å². The molecule has 0 fully saturated rings. The molecule has 0 radical (unpaired) electrons. The molecule has 19 heavy (non-hydrogen) atoms. The van der Waals surface area contributed by atoms with Gasteiger partial charge in [-0.15, -0.1) is 0 Å². The van der Waals surface area contributed by atoms with E-state index in [-0.39, 0.29) is 22.5 Å². The molecule has 0 bridgehead atoms. The van der Waals surface area contributed by atoms with Gasteiger partial charge in [-0.1, -0.05) is 13.8 Å². The first-order valence-corrected chi connectivity index (χ1v) is 6.12. The summed E-state index contributed by atoms with van der Waals surface area (Å²) in [5, 5.41) is 37.2. The zero-order chi connectivity index (χ0) is 14.7. The number of carbonyl (C=O) groups excluding carboxylic acids is 1. The van der Waals surface area contributed by atoms with Crippen molar-refractivity contribution in [3.8, 4) is 0 Å². The molecule has 0 aromatic heterocycles. The van der Waals surface area contributed by atoms with Gasteiger partial charge in [0, 0.05) is 19.1 Å². The second-order valence-corrected chi connectivity index (χ2v) is 5.76. The molecule has 0 aliphatic heterocycles. The number of carbonyl (C=O) groups is 1. The second-order valence-electron chi connectivity index (χ2n) is 5.76. The van der Waals surface area contributed by atoms with Crippen molar-refractivity contribution < 1.29 is 25.2 Å². The van der Waals surface area contributed by atoms with Crippen LogP contribution >= 0.6 is 0 Å². The molecule has 108 valence electrons. The van der Waals surface area contributed by atoms with Crippen molar-refractivity contribution in [2.45, 2.75) is 32.2 Å². The number of Topliss-reactive ketones (excluding diaryl/α,β-unsaturated/α-hetero) is 1. The van der Waals surface area contributed by atoms with Gasteiger partial charge in [0.1, 0.15) is 11.3 Å². The van der Waals surface area contributed by atoms with Crippen LogP contribution in [0.3, 0.4) is 0 Å². The van der Waals surface area contributed by atoms with Crippen molar-refractivity contribution in [2.24, 2.45) is 10.4 Å². The maximum absolute atomic E-state index is 11.9. The third kappa shape index (κ3) is 3.62. The summed E-state index contributed by atoms with van der Waals surface area (Å²) >= 11 is 0. The van der Waals surface area contributed by atoms with E-state index in [1.165, 1.54) is 0 Å². The van der Waals surface area contributed by atoms with Crippen molar-refractivity contribution in [1.29, 1.82) is 0 Å². The first-order chi connectivity index (χ1) is 8.79. The molecular weight excluding hydrogens is 250 g/mol. The molecule has 0 heterocycles. The number of aliphatic imine (C=N–C) groups is 1. The van der Waals surface area contributed by atoms with Crippen LogP contribution in [0.15, 0.2) is 16.3 Å². The molecule has 1 aliphatic rings. The molecule has 4 N–H and O–H groups in total. The Labute approximate surface area is 112 Å². The number of hydrogen-bond acceptors (Lipinski definition) is 6. The highest BCUT2D eigenvalue weighted by atomic mass is 16.3. The lowest BCUT2D eigenvalue weighted by Crippen LogP contribution is -2.40. The van der Waals surface area contributed by atoms with E-state index >= 15 is 0 Å². The highest BCUT2D eigenvalue weighted by Crippen LogP contribution is 2.35. The van der Waals surface area contributed by atoms with E-state index in [0.29, 0.717) is 12.8 Å². The summed E-state index contributed by atoms with van der Waals surface area (Å²) in [6, 6.07) is 0. The molecule has 6 heteroatoms. The number of ketones is 1. The molecule has 0 unspecified atom stereocenters. The zero-order valence-corrected chi connectivity index (χ0v) is 11.3. The monoisotopic (exact) mass is 271 g/mol. The van der Waals surface area contributed by atoms with E-state index < -0.39 is 25.4 Å². The number of aliphatic hydroxyl groups is 4. The summed E-state index contributed by atoms with van der Waals surface area (Å²) in [4.78, 5) is 15.8. The smallest absolute Gasteiger partial charge is 0.168 e. The normalized spacial score (nSPS) is 20.4. The molecule has 0 aromatic carbocycles. The molecule has 0 spiro atoms. The van der Waals surface area contributed by atoms with Gasteiger partial charge in [0.25, 0.3) is 0 Å². The van der Waals surface area contributed by atoms with Gasteiger partial charge in [0.05, 0.1) is 25.4 Å². The minimum absolute atomic E-state index is 0.0484. The molecular formula is C13H21NO5. The summed E-state index contributed by atoms with van der Waals surface area (Å²) in [5.41, 5.74) is -1.64. The number of rotatable bonds is 5. The Bertz CT molecular complexity index is 399. The van der Waals surface area contributed by atoms with Gasteiger partial charge in [-0.25, -0.2) is 0 Å². The standard InChI is InChI=1S/C13H21NO5/c1-12(2)3-10(18)9(11(19)4-12)5-14-13(6-15,7-16)8-17/h5,15-18H,3-4,6-8H2,1-2H3. The minimum atomic E-state index is -1.43. The van der Waals surface area contributed by atoms with Crippen molar-refractivity contribution in [3.63, 3.8) is 0 Å². The van der Waals surface area contributed by atoms with Crippen molar-refractivity contribution >= 4 is 12.0 Å². The first-order valence-electron chi connectivity index (χ1n) is 6.12. The van der Waals surface area contributed by atoms with Gasteiger partial charge in [0.2, 0.25) is 0 Å². The average Bonchev–Trinajstić information content (AvgIpc) is 2.32. The van der Waals surface area contributed by atoms with Gasteiger partial charge in [-0.05, 0) is 5.41 Å². The summed E-state index contributed by atoms with van der Waals surface area (Å²) in [7, 11) is 0. The fourth-order valence-electron chi connectivity index (χ4n) is 1.92. The van der Waals surface area contributed by atoms with E-state index in [1.807, 2.05) is 13.8 Å². The van der Waals surface area contributed by atoms with Crippen LogP contribution in [-0.2, 0) is 4.79 Å². The predicted molar refractivity (Wildman–Crippen MR) is 70.2 cm³/mol. The van der Waals surface area contributed by atoms with E-state index in [2.05, 4.69) is 4.99 Å². The van der Waals surface area contributed by atoms with Crippen LogP contribution in [0.25, 0.3) is 0 Å². The quantitative estimate of drug-likeness (QED) is 0.525. The molecule has 0 saturated heterocycles. The summed E-state index contributed by atoms with van der Waals surface area (Å²) in [6.45, 7) is 2.11. The summed E-state index contributed by atoms with van der Waals surface area (Å²) in [6.07, 6.45) is 1.79. The Hall–Kier alpha value is -1.24. The predicted octanol–water partition coefficient (Wildman–Crippen LogP) is -0.0259. The molecule has 1 rings (SSSR count). The van der Waals surface area contributed by atoms with Crippen LogP contribution in [-0.4, -0.2) is 57.8 Å². The SMILES string of the molecule is CC1(C)CC(=O)C(C=NC(CO)(CO)CO)=C(O)C1. The number of allylic oxidation sites excluding steroid dienone is 2. The summed E-state index contributed by atoms with van der Waals surface area (Å²) < 4.78 is 0. The Morgan fingerprint density at radius 2 is 1.74 bits per heavy atom. The first kappa shape index (κ1) is 15.8. The van der Waals surface area contributed by atoms with Gasteiger partial charge < -0.3 is 20.4 Å². The lowest BCUT2D eigenvalue weighted by molar-refractivity contribution is -0.117. The number of nitrogens with zero attached hydrogens (tertiary/aromatic N) is 1. The fraction of sp³-hybridized carbons (Fsp3) is 0.692. The maximum atomic E-state index is 11.9. The van der Waals surface area contributed by atoms with E-state index in [4.69, 9.17) is 15.3 Å². The third-order valence-corrected chi connectivity index (χ3v) is 3.25. The highest BCUT2D eigenvalue weighted by molar-refractivity contribution is 6.14.